The van der Waals surface area contributed by atoms with Gasteiger partial charge in [-0.05, 0) is 63.6 Å². The molecule has 3 heteroatoms. The molecule has 1 N–H and O–H groups in total. The Balaban J connectivity index is 1.68. The average molecular weight is 259 g/mol. The van der Waals surface area contributed by atoms with Crippen LogP contribution >= 0.6 is 0 Å². The molecule has 0 saturated heterocycles. The molecule has 3 nitrogen and oxygen atoms in total. The van der Waals surface area contributed by atoms with Gasteiger partial charge in [-0.1, -0.05) is 6.07 Å². The summed E-state index contributed by atoms with van der Waals surface area (Å²) in [4.78, 5) is 7.29. The lowest BCUT2D eigenvalue weighted by molar-refractivity contribution is 0.350. The fraction of sp³-hybridized carbons (Fsp3) is 0.688. The molecule has 0 unspecified atom stereocenters. The maximum Gasteiger partial charge on any atom is 0.128 e. The third-order valence-electron chi connectivity index (χ3n) is 4.93. The molecule has 1 aromatic rings. The predicted molar refractivity (Wildman–Crippen MR) is 79.8 cm³/mol. The van der Waals surface area contributed by atoms with Crippen LogP contribution in [0.2, 0.25) is 0 Å². The van der Waals surface area contributed by atoms with Crippen molar-refractivity contribution in [2.75, 3.05) is 19.0 Å². The van der Waals surface area contributed by atoms with E-state index in [1.54, 1.807) is 0 Å². The second-order valence-corrected chi connectivity index (χ2v) is 6.03. The molecular weight excluding hydrogens is 234 g/mol. The summed E-state index contributed by atoms with van der Waals surface area (Å²) >= 11 is 0. The molecule has 0 amide bonds. The van der Waals surface area contributed by atoms with Gasteiger partial charge in [-0.15, -0.1) is 0 Å². The van der Waals surface area contributed by atoms with Crippen molar-refractivity contribution in [3.05, 3.63) is 23.4 Å². The first-order valence-electron chi connectivity index (χ1n) is 7.67. The summed E-state index contributed by atoms with van der Waals surface area (Å²) in [7, 11) is 4.30. The van der Waals surface area contributed by atoms with E-state index >= 15 is 0 Å². The molecule has 1 fully saturated rings. The first kappa shape index (κ1) is 12.9. The van der Waals surface area contributed by atoms with Gasteiger partial charge in [0.05, 0.1) is 0 Å². The molecule has 19 heavy (non-hydrogen) atoms. The standard InChI is InChI=1S/C16H25N3/c1-17-13-7-9-14(10-8-13)19(2)16-11-6-12-4-3-5-15(12)18-16/h6,11,13-14,17H,3-5,7-10H2,1-2H3. The Morgan fingerprint density at radius 3 is 2.68 bits per heavy atom. The van der Waals surface area contributed by atoms with Crippen LogP contribution < -0.4 is 10.2 Å². The molecule has 1 aromatic heterocycles. The first-order valence-corrected chi connectivity index (χ1v) is 7.67. The minimum atomic E-state index is 0.663. The summed E-state index contributed by atoms with van der Waals surface area (Å²) in [6.45, 7) is 0. The van der Waals surface area contributed by atoms with Crippen LogP contribution in [0.5, 0.6) is 0 Å². The maximum atomic E-state index is 4.88. The van der Waals surface area contributed by atoms with Crippen molar-refractivity contribution in [3.8, 4) is 0 Å². The number of aromatic nitrogens is 1. The number of hydrogen-bond acceptors (Lipinski definition) is 3. The molecule has 2 aliphatic rings. The van der Waals surface area contributed by atoms with Gasteiger partial charge < -0.3 is 10.2 Å². The summed E-state index contributed by atoms with van der Waals surface area (Å²) in [6.07, 6.45) is 8.81. The van der Waals surface area contributed by atoms with Gasteiger partial charge in [0.2, 0.25) is 0 Å². The van der Waals surface area contributed by atoms with Crippen molar-refractivity contribution in [2.45, 2.75) is 57.0 Å². The Morgan fingerprint density at radius 1 is 1.16 bits per heavy atom. The summed E-state index contributed by atoms with van der Waals surface area (Å²) in [5.41, 5.74) is 2.81. The number of rotatable bonds is 3. The van der Waals surface area contributed by atoms with Crippen LogP contribution in [-0.4, -0.2) is 31.2 Å². The first-order chi connectivity index (χ1) is 9.28. The van der Waals surface area contributed by atoms with E-state index in [0.29, 0.717) is 6.04 Å². The van der Waals surface area contributed by atoms with Crippen LogP contribution in [0.15, 0.2) is 12.1 Å². The third kappa shape index (κ3) is 2.62. The van der Waals surface area contributed by atoms with Gasteiger partial charge in [0, 0.05) is 24.8 Å². The highest BCUT2D eigenvalue weighted by Gasteiger charge is 2.24. The zero-order chi connectivity index (χ0) is 13.2. The fourth-order valence-electron chi connectivity index (χ4n) is 3.54. The normalized spacial score (nSPS) is 26.2. The Labute approximate surface area is 116 Å². The summed E-state index contributed by atoms with van der Waals surface area (Å²) in [6, 6.07) is 5.89. The zero-order valence-electron chi connectivity index (χ0n) is 12.2. The molecule has 0 spiro atoms. The Morgan fingerprint density at radius 2 is 1.95 bits per heavy atom. The van der Waals surface area contributed by atoms with Gasteiger partial charge >= 0.3 is 0 Å². The number of aryl methyl sites for hydroxylation is 2. The molecular formula is C16H25N3. The molecule has 1 heterocycles. The van der Waals surface area contributed by atoms with Crippen molar-refractivity contribution in [1.29, 1.82) is 0 Å². The lowest BCUT2D eigenvalue weighted by Gasteiger charge is -2.35. The van der Waals surface area contributed by atoms with Gasteiger partial charge in [0.1, 0.15) is 5.82 Å². The number of anilines is 1. The van der Waals surface area contributed by atoms with Crippen LogP contribution in [0, 0.1) is 0 Å². The summed E-state index contributed by atoms with van der Waals surface area (Å²) in [5.74, 6) is 1.17. The smallest absolute Gasteiger partial charge is 0.128 e. The molecule has 104 valence electrons. The van der Waals surface area contributed by atoms with Crippen LogP contribution in [-0.2, 0) is 12.8 Å². The molecule has 0 radical (unpaired) electrons. The Hall–Kier alpha value is -1.09. The molecule has 2 aliphatic carbocycles. The van der Waals surface area contributed by atoms with E-state index < -0.39 is 0 Å². The number of nitrogens with zero attached hydrogens (tertiary/aromatic N) is 2. The van der Waals surface area contributed by atoms with E-state index in [1.807, 2.05) is 0 Å². The minimum absolute atomic E-state index is 0.663. The highest BCUT2D eigenvalue weighted by Crippen LogP contribution is 2.28. The van der Waals surface area contributed by atoms with Gasteiger partial charge in [-0.2, -0.15) is 0 Å². The van der Waals surface area contributed by atoms with E-state index in [1.165, 1.54) is 62.0 Å². The topological polar surface area (TPSA) is 28.2 Å². The molecule has 0 aromatic carbocycles. The van der Waals surface area contributed by atoms with E-state index in [4.69, 9.17) is 4.98 Å². The maximum absolute atomic E-state index is 4.88. The quantitative estimate of drug-likeness (QED) is 0.904. The molecule has 3 rings (SSSR count). The number of pyridine rings is 1. The van der Waals surface area contributed by atoms with Crippen molar-refractivity contribution in [3.63, 3.8) is 0 Å². The lowest BCUT2D eigenvalue weighted by Crippen LogP contribution is -2.40. The SMILES string of the molecule is CNC1CCC(N(C)c2ccc3c(n2)CCC3)CC1. The second-order valence-electron chi connectivity index (χ2n) is 6.03. The van der Waals surface area contributed by atoms with Crippen molar-refractivity contribution < 1.29 is 0 Å². The number of hydrogen-bond donors (Lipinski definition) is 1. The van der Waals surface area contributed by atoms with Gasteiger partial charge in [0.25, 0.3) is 0 Å². The Kier molecular flexibility index (Phi) is 3.74. The second kappa shape index (κ2) is 5.49. The van der Waals surface area contributed by atoms with Crippen LogP contribution in [0.4, 0.5) is 5.82 Å². The van der Waals surface area contributed by atoms with Crippen molar-refractivity contribution >= 4 is 5.82 Å². The highest BCUT2D eigenvalue weighted by atomic mass is 15.2. The zero-order valence-corrected chi connectivity index (χ0v) is 12.2. The van der Waals surface area contributed by atoms with Crippen LogP contribution in [0.25, 0.3) is 0 Å². The number of fused-ring (bicyclic) bond motifs is 1. The Bertz CT molecular complexity index is 436. The van der Waals surface area contributed by atoms with Gasteiger partial charge in [-0.25, -0.2) is 4.98 Å². The number of nitrogens with one attached hydrogen (secondary N) is 1. The molecule has 0 aliphatic heterocycles. The fourth-order valence-corrected chi connectivity index (χ4v) is 3.54. The summed E-state index contributed by atoms with van der Waals surface area (Å²) in [5, 5.41) is 3.40. The van der Waals surface area contributed by atoms with E-state index in [9.17, 15) is 0 Å². The van der Waals surface area contributed by atoms with Gasteiger partial charge in [0.15, 0.2) is 0 Å². The highest BCUT2D eigenvalue weighted by molar-refractivity contribution is 5.43. The molecule has 0 atom stereocenters. The van der Waals surface area contributed by atoms with Gasteiger partial charge in [-0.3, -0.25) is 0 Å². The minimum Gasteiger partial charge on any atom is -0.357 e. The predicted octanol–water partition coefficient (Wildman–Crippen LogP) is 2.54. The molecule has 1 saturated carbocycles. The molecule has 0 bridgehead atoms. The third-order valence-corrected chi connectivity index (χ3v) is 4.93. The average Bonchev–Trinajstić information content (AvgIpc) is 2.94. The van der Waals surface area contributed by atoms with E-state index in [2.05, 4.69) is 36.4 Å². The monoisotopic (exact) mass is 259 g/mol. The van der Waals surface area contributed by atoms with Crippen molar-refractivity contribution in [2.24, 2.45) is 0 Å². The van der Waals surface area contributed by atoms with E-state index in [-0.39, 0.29) is 0 Å². The largest absolute Gasteiger partial charge is 0.357 e. The van der Waals surface area contributed by atoms with Crippen LogP contribution in [0.3, 0.4) is 0 Å². The lowest BCUT2D eigenvalue weighted by atomic mass is 9.90. The summed E-state index contributed by atoms with van der Waals surface area (Å²) < 4.78 is 0. The van der Waals surface area contributed by atoms with Crippen LogP contribution in [0.1, 0.15) is 43.4 Å². The van der Waals surface area contributed by atoms with E-state index in [0.717, 1.165) is 6.04 Å². The van der Waals surface area contributed by atoms with Crippen molar-refractivity contribution in [1.82, 2.24) is 10.3 Å².